The maximum Gasteiger partial charge on any atom is 0.225 e. The molecule has 2 aromatic heterocycles. The molecular formula is C23H32N6O2. The number of nitrogens with zero attached hydrogens (tertiary/aromatic N) is 4. The molecule has 0 unspecified atom stereocenters. The Labute approximate surface area is 182 Å². The van der Waals surface area contributed by atoms with Gasteiger partial charge in [0.2, 0.25) is 11.8 Å². The molecule has 0 radical (unpaired) electrons. The molecule has 5 rings (SSSR count). The molecular weight excluding hydrogens is 392 g/mol. The van der Waals surface area contributed by atoms with Gasteiger partial charge in [-0.05, 0) is 45.1 Å². The lowest BCUT2D eigenvalue weighted by Gasteiger charge is -2.37. The fourth-order valence-electron chi connectivity index (χ4n) is 5.45. The third-order valence-corrected chi connectivity index (χ3v) is 7.52. The first-order chi connectivity index (χ1) is 15.1. The van der Waals surface area contributed by atoms with Gasteiger partial charge in [0.05, 0.1) is 5.92 Å². The van der Waals surface area contributed by atoms with Crippen molar-refractivity contribution in [1.82, 2.24) is 24.8 Å². The summed E-state index contributed by atoms with van der Waals surface area (Å²) in [5.74, 6) is 0.719. The Morgan fingerprint density at radius 2 is 1.74 bits per heavy atom. The van der Waals surface area contributed by atoms with E-state index in [1.165, 1.54) is 17.7 Å². The third kappa shape index (κ3) is 4.05. The van der Waals surface area contributed by atoms with Crippen molar-refractivity contribution in [3.05, 3.63) is 23.7 Å². The highest BCUT2D eigenvalue weighted by Gasteiger charge is 2.34. The number of carbonyl (C=O) groups is 2. The zero-order valence-electron chi connectivity index (χ0n) is 18.1. The van der Waals surface area contributed by atoms with Crippen LogP contribution in [0.2, 0.25) is 0 Å². The van der Waals surface area contributed by atoms with Crippen molar-refractivity contribution in [1.29, 1.82) is 0 Å². The largest absolute Gasteiger partial charge is 0.369 e. The van der Waals surface area contributed by atoms with Crippen LogP contribution in [-0.2, 0) is 16.1 Å². The first-order valence-electron chi connectivity index (χ1n) is 11.7. The van der Waals surface area contributed by atoms with E-state index in [-0.39, 0.29) is 17.7 Å². The van der Waals surface area contributed by atoms with Crippen molar-refractivity contribution in [2.45, 2.75) is 57.4 Å². The van der Waals surface area contributed by atoms with Gasteiger partial charge >= 0.3 is 0 Å². The lowest BCUT2D eigenvalue weighted by atomic mass is 9.83. The van der Waals surface area contributed by atoms with Crippen LogP contribution in [0.15, 0.2) is 12.4 Å². The van der Waals surface area contributed by atoms with E-state index in [1.807, 2.05) is 0 Å². The summed E-state index contributed by atoms with van der Waals surface area (Å²) < 4.78 is 0. The average molecular weight is 425 g/mol. The monoisotopic (exact) mass is 424 g/mol. The Balaban J connectivity index is 1.34. The third-order valence-electron chi connectivity index (χ3n) is 7.52. The number of H-pyrrole nitrogens is 1. The van der Waals surface area contributed by atoms with Crippen molar-refractivity contribution in [2.75, 3.05) is 26.2 Å². The predicted molar refractivity (Wildman–Crippen MR) is 117 cm³/mol. The standard InChI is InChI=1S/C23H32N6O2/c24-21(30)17-5-2-10-28(13-17)14-18-19(27-22-20(18)25-8-9-26-22)15-6-11-29(12-7-15)23(31)16-3-1-4-16/h8-9,15-17H,1-7,10-14H2,(H2,24,30)(H,26,27)/t17-/m0/s1. The fraction of sp³-hybridized carbons (Fsp3) is 0.652. The second-order valence-corrected chi connectivity index (χ2v) is 9.47. The van der Waals surface area contributed by atoms with Crippen LogP contribution in [0.25, 0.3) is 11.2 Å². The number of nitrogens with two attached hydrogens (primary N) is 1. The Morgan fingerprint density at radius 1 is 1.00 bits per heavy atom. The molecule has 0 spiro atoms. The Hall–Kier alpha value is -2.48. The van der Waals surface area contributed by atoms with E-state index in [4.69, 9.17) is 5.73 Å². The molecule has 8 nitrogen and oxygen atoms in total. The van der Waals surface area contributed by atoms with Crippen LogP contribution in [0.1, 0.15) is 62.1 Å². The van der Waals surface area contributed by atoms with Gasteiger partial charge in [-0.25, -0.2) is 4.98 Å². The molecule has 1 aliphatic carbocycles. The molecule has 2 amide bonds. The van der Waals surface area contributed by atoms with E-state index < -0.39 is 0 Å². The summed E-state index contributed by atoms with van der Waals surface area (Å²) in [4.78, 5) is 41.4. The van der Waals surface area contributed by atoms with Crippen LogP contribution in [0.5, 0.6) is 0 Å². The topological polar surface area (TPSA) is 108 Å². The maximum atomic E-state index is 12.6. The molecule has 2 saturated heterocycles. The van der Waals surface area contributed by atoms with E-state index in [0.717, 1.165) is 75.9 Å². The Kier molecular flexibility index (Phi) is 5.65. The van der Waals surface area contributed by atoms with Gasteiger partial charge in [0, 0.05) is 61.7 Å². The number of primary amides is 1. The molecule has 3 N–H and O–H groups in total. The molecule has 3 fully saturated rings. The number of rotatable bonds is 5. The van der Waals surface area contributed by atoms with Gasteiger partial charge in [0.15, 0.2) is 5.65 Å². The molecule has 4 heterocycles. The summed E-state index contributed by atoms with van der Waals surface area (Å²) in [5.41, 5.74) is 9.73. The number of likely N-dealkylation sites (tertiary alicyclic amines) is 2. The molecule has 1 saturated carbocycles. The number of aromatic nitrogens is 3. The zero-order valence-corrected chi connectivity index (χ0v) is 18.1. The number of amides is 2. The molecule has 166 valence electrons. The summed E-state index contributed by atoms with van der Waals surface area (Å²) in [7, 11) is 0. The quantitative estimate of drug-likeness (QED) is 0.765. The number of carbonyl (C=O) groups excluding carboxylic acids is 2. The van der Waals surface area contributed by atoms with Gasteiger partial charge in [-0.15, -0.1) is 0 Å². The molecule has 0 aromatic carbocycles. The molecule has 3 aliphatic rings. The van der Waals surface area contributed by atoms with Gasteiger partial charge in [0.25, 0.3) is 0 Å². The smallest absolute Gasteiger partial charge is 0.225 e. The lowest BCUT2D eigenvalue weighted by Crippen LogP contribution is -2.43. The van der Waals surface area contributed by atoms with Crippen molar-refractivity contribution >= 4 is 23.0 Å². The second kappa shape index (κ2) is 8.57. The van der Waals surface area contributed by atoms with Crippen LogP contribution in [0, 0.1) is 11.8 Å². The summed E-state index contributed by atoms with van der Waals surface area (Å²) >= 11 is 0. The van der Waals surface area contributed by atoms with Crippen LogP contribution in [0.3, 0.4) is 0 Å². The van der Waals surface area contributed by atoms with E-state index in [2.05, 4.69) is 24.8 Å². The van der Waals surface area contributed by atoms with Crippen LogP contribution in [-0.4, -0.2) is 62.7 Å². The maximum absolute atomic E-state index is 12.6. The predicted octanol–water partition coefficient (Wildman–Crippen LogP) is 2.16. The SMILES string of the molecule is NC(=O)[C@H]1CCCN(Cc2c(C3CCN(C(=O)C4CCC4)CC3)[nH]c3nccnc23)C1. The van der Waals surface area contributed by atoms with E-state index in [0.29, 0.717) is 18.4 Å². The van der Waals surface area contributed by atoms with Gasteiger partial charge in [-0.3, -0.25) is 19.5 Å². The summed E-state index contributed by atoms with van der Waals surface area (Å²) in [6, 6.07) is 0. The molecule has 8 heteroatoms. The minimum Gasteiger partial charge on any atom is -0.369 e. The molecule has 1 atom stereocenters. The van der Waals surface area contributed by atoms with E-state index in [1.54, 1.807) is 12.4 Å². The highest BCUT2D eigenvalue weighted by Crippen LogP contribution is 2.36. The van der Waals surface area contributed by atoms with E-state index >= 15 is 0 Å². The lowest BCUT2D eigenvalue weighted by molar-refractivity contribution is -0.139. The summed E-state index contributed by atoms with van der Waals surface area (Å²) in [6.45, 7) is 4.06. The molecule has 2 aromatic rings. The number of piperidine rings is 2. The Morgan fingerprint density at radius 3 is 2.45 bits per heavy atom. The Bertz CT molecular complexity index is 960. The fourth-order valence-corrected chi connectivity index (χ4v) is 5.45. The van der Waals surface area contributed by atoms with Gasteiger partial charge in [-0.1, -0.05) is 6.42 Å². The minimum atomic E-state index is -0.202. The first kappa shape index (κ1) is 20.4. The van der Waals surface area contributed by atoms with Crippen molar-refractivity contribution in [3.63, 3.8) is 0 Å². The van der Waals surface area contributed by atoms with Crippen molar-refractivity contribution in [3.8, 4) is 0 Å². The van der Waals surface area contributed by atoms with Gasteiger partial charge in [-0.2, -0.15) is 0 Å². The molecule has 2 aliphatic heterocycles. The summed E-state index contributed by atoms with van der Waals surface area (Å²) in [6.07, 6.45) is 10.6. The highest BCUT2D eigenvalue weighted by molar-refractivity contribution is 5.80. The van der Waals surface area contributed by atoms with Crippen molar-refractivity contribution < 1.29 is 9.59 Å². The number of nitrogens with one attached hydrogen (secondary N) is 1. The number of hydrogen-bond acceptors (Lipinski definition) is 5. The van der Waals surface area contributed by atoms with Crippen LogP contribution >= 0.6 is 0 Å². The van der Waals surface area contributed by atoms with Gasteiger partial charge < -0.3 is 15.6 Å². The average Bonchev–Trinajstić information content (AvgIpc) is 3.11. The van der Waals surface area contributed by atoms with Crippen LogP contribution < -0.4 is 5.73 Å². The van der Waals surface area contributed by atoms with Gasteiger partial charge in [0.1, 0.15) is 5.52 Å². The van der Waals surface area contributed by atoms with Crippen LogP contribution in [0.4, 0.5) is 0 Å². The minimum absolute atomic E-state index is 0.0748. The number of fused-ring (bicyclic) bond motifs is 1. The highest BCUT2D eigenvalue weighted by atomic mass is 16.2. The number of hydrogen-bond donors (Lipinski definition) is 2. The zero-order chi connectivity index (χ0) is 21.4. The second-order valence-electron chi connectivity index (χ2n) is 9.47. The number of aromatic amines is 1. The van der Waals surface area contributed by atoms with Crippen molar-refractivity contribution in [2.24, 2.45) is 17.6 Å². The molecule has 31 heavy (non-hydrogen) atoms. The van der Waals surface area contributed by atoms with E-state index in [9.17, 15) is 9.59 Å². The first-order valence-corrected chi connectivity index (χ1v) is 11.7. The summed E-state index contributed by atoms with van der Waals surface area (Å²) in [5, 5.41) is 0. The normalized spacial score (nSPS) is 23.7. The molecule has 0 bridgehead atoms.